The molecule has 204 valence electrons. The Morgan fingerprint density at radius 1 is 0.949 bits per heavy atom. The molecule has 0 atom stereocenters. The van der Waals surface area contributed by atoms with E-state index in [9.17, 15) is 9.59 Å². The second-order valence-electron chi connectivity index (χ2n) is 10.4. The van der Waals surface area contributed by atoms with Crippen molar-refractivity contribution < 1.29 is 14.3 Å². The fourth-order valence-electron chi connectivity index (χ4n) is 4.58. The molecule has 0 aromatic heterocycles. The average Bonchev–Trinajstić information content (AvgIpc) is 3.61. The van der Waals surface area contributed by atoms with E-state index in [0.29, 0.717) is 11.7 Å². The minimum Gasteiger partial charge on any atom is -0.489 e. The number of carbonyl (C=O) groups is 2. The number of carbonyl (C=O) groups excluding carboxylic acids is 2. The first-order valence-electron chi connectivity index (χ1n) is 13.7. The fraction of sp³-hybridized carbons (Fsp3) is 0.333. The van der Waals surface area contributed by atoms with Crippen molar-refractivity contribution in [2.45, 2.75) is 51.6 Å². The summed E-state index contributed by atoms with van der Waals surface area (Å²) in [7, 11) is 0. The topological polar surface area (TPSA) is 72.6 Å². The van der Waals surface area contributed by atoms with Crippen LogP contribution in [-0.4, -0.2) is 42.3 Å². The second-order valence-corrected chi connectivity index (χ2v) is 10.8. The van der Waals surface area contributed by atoms with Crippen molar-refractivity contribution in [1.82, 2.24) is 4.90 Å². The molecule has 2 N–H and O–H groups in total. The Morgan fingerprint density at radius 3 is 2.05 bits per heavy atom. The molecule has 0 spiro atoms. The van der Waals surface area contributed by atoms with E-state index in [1.807, 2.05) is 37.3 Å². The monoisotopic (exact) mass is 544 g/mol. The van der Waals surface area contributed by atoms with Gasteiger partial charge in [-0.3, -0.25) is 9.59 Å². The summed E-state index contributed by atoms with van der Waals surface area (Å²) in [6, 6.07) is 21.1. The van der Waals surface area contributed by atoms with E-state index in [1.165, 1.54) is 57.3 Å². The summed E-state index contributed by atoms with van der Waals surface area (Å²) in [6.07, 6.45) is 7.84. The summed E-state index contributed by atoms with van der Waals surface area (Å²) in [5.74, 6) is -0.759. The van der Waals surface area contributed by atoms with Crippen LogP contribution in [0.15, 0.2) is 73.3 Å². The number of Topliss-reactive ketones (excluding diaryl/α,β-unsaturated/α-hetero) is 1. The van der Waals surface area contributed by atoms with Crippen LogP contribution in [-0.2, 0) is 11.2 Å². The van der Waals surface area contributed by atoms with E-state index in [2.05, 4.69) is 23.6 Å². The summed E-state index contributed by atoms with van der Waals surface area (Å²) >= 11 is 6.27. The number of ketones is 1. The lowest BCUT2D eigenvalue weighted by molar-refractivity contribution is -0.114. The minimum atomic E-state index is -0.941. The number of likely N-dealkylation sites (tertiary alicyclic amines) is 1. The molecule has 2 aliphatic rings. The van der Waals surface area contributed by atoms with E-state index in [-0.39, 0.29) is 0 Å². The highest BCUT2D eigenvalue weighted by Gasteiger charge is 2.24. The maximum atomic E-state index is 11.4. The van der Waals surface area contributed by atoms with Crippen molar-refractivity contribution in [3.63, 3.8) is 0 Å². The third-order valence-electron chi connectivity index (χ3n) is 7.03. The van der Waals surface area contributed by atoms with Gasteiger partial charge in [0.1, 0.15) is 5.75 Å². The highest BCUT2D eigenvalue weighted by atomic mass is 35.5. The summed E-state index contributed by atoms with van der Waals surface area (Å²) in [5.41, 5.74) is 10.7. The number of hydrogen-bond donors (Lipinski definition) is 1. The van der Waals surface area contributed by atoms with Crippen molar-refractivity contribution in [1.29, 1.82) is 0 Å². The van der Waals surface area contributed by atoms with Crippen LogP contribution in [0.2, 0.25) is 5.02 Å². The second kappa shape index (κ2) is 13.6. The predicted octanol–water partition coefficient (Wildman–Crippen LogP) is 6.96. The molecular weight excluding hydrogens is 508 g/mol. The smallest absolute Gasteiger partial charge is 0.289 e. The first kappa shape index (κ1) is 28.6. The predicted molar refractivity (Wildman–Crippen MR) is 159 cm³/mol. The lowest BCUT2D eigenvalue weighted by atomic mass is 10.00. The first-order chi connectivity index (χ1) is 18.8. The molecule has 1 saturated carbocycles. The summed E-state index contributed by atoms with van der Waals surface area (Å²) in [5, 5.41) is 0.769. The number of amides is 1. The number of primary amides is 1. The van der Waals surface area contributed by atoms with Gasteiger partial charge in [0.25, 0.3) is 5.91 Å². The van der Waals surface area contributed by atoms with E-state index in [1.54, 1.807) is 24.3 Å². The Labute approximate surface area is 236 Å². The number of rotatable bonds is 10. The molecule has 5 nitrogen and oxygen atoms in total. The molecule has 1 saturated heterocycles. The van der Waals surface area contributed by atoms with Gasteiger partial charge in [0.2, 0.25) is 5.78 Å². The van der Waals surface area contributed by atoms with Gasteiger partial charge in [0.05, 0.1) is 11.1 Å². The van der Waals surface area contributed by atoms with Crippen molar-refractivity contribution in [3.8, 4) is 16.9 Å². The number of halogens is 1. The molecule has 1 aliphatic carbocycles. The van der Waals surface area contributed by atoms with E-state index >= 15 is 0 Å². The molecule has 1 amide bonds. The van der Waals surface area contributed by atoms with Crippen molar-refractivity contribution in [2.24, 2.45) is 5.73 Å². The van der Waals surface area contributed by atoms with Crippen LogP contribution in [0.1, 0.15) is 60.5 Å². The molecular formula is C33H37ClN2O3. The van der Waals surface area contributed by atoms with Crippen LogP contribution in [0.4, 0.5) is 0 Å². The Bertz CT molecular complexity index is 1290. The summed E-state index contributed by atoms with van der Waals surface area (Å²) in [6.45, 7) is 9.65. The normalized spacial score (nSPS) is 14.8. The number of nitrogens with two attached hydrogens (primary N) is 1. The standard InChI is InChI=1S/C17H15NO2.C16H22ClNO/c1-11(2)12-3-5-13(6-4-12)14-7-9-15(10-8-14)16(19)17(18)20;17-15-12-13(4-3-11-18-9-1-2-10-18)5-8-16(15)19-14-6-7-14/h3-10H,1H2,2H3,(H2,18,20);5,8,12,14H,1-4,6-7,9-11H2. The third-order valence-corrected chi connectivity index (χ3v) is 7.33. The molecule has 39 heavy (non-hydrogen) atoms. The Hall–Kier alpha value is -3.41. The van der Waals surface area contributed by atoms with Crippen molar-refractivity contribution in [3.05, 3.63) is 95.0 Å². The highest BCUT2D eigenvalue weighted by molar-refractivity contribution is 6.42. The zero-order valence-electron chi connectivity index (χ0n) is 22.6. The Kier molecular flexibility index (Phi) is 9.96. The summed E-state index contributed by atoms with van der Waals surface area (Å²) < 4.78 is 5.76. The van der Waals surface area contributed by atoms with Gasteiger partial charge in [-0.1, -0.05) is 78.4 Å². The molecule has 3 aromatic carbocycles. The molecule has 0 bridgehead atoms. The maximum absolute atomic E-state index is 11.4. The van der Waals surface area contributed by atoms with Crippen LogP contribution in [0.5, 0.6) is 5.75 Å². The van der Waals surface area contributed by atoms with Gasteiger partial charge in [-0.15, -0.1) is 0 Å². The van der Waals surface area contributed by atoms with Gasteiger partial charge in [-0.25, -0.2) is 0 Å². The Morgan fingerprint density at radius 2 is 1.54 bits per heavy atom. The molecule has 1 aliphatic heterocycles. The van der Waals surface area contributed by atoms with Gasteiger partial charge in [-0.2, -0.15) is 0 Å². The molecule has 1 heterocycles. The fourth-order valence-corrected chi connectivity index (χ4v) is 4.83. The lowest BCUT2D eigenvalue weighted by Gasteiger charge is -2.14. The number of allylic oxidation sites excluding steroid dienone is 1. The molecule has 0 radical (unpaired) electrons. The van der Waals surface area contributed by atoms with Crippen molar-refractivity contribution in [2.75, 3.05) is 19.6 Å². The SMILES string of the molecule is C=C(C)c1ccc(-c2ccc(C(=O)C(N)=O)cc2)cc1.Clc1cc(CCCN2CCCC2)ccc1OC1CC1. The van der Waals surface area contributed by atoms with Crippen LogP contribution in [0.25, 0.3) is 16.7 Å². The number of ether oxygens (including phenoxy) is 1. The van der Waals surface area contributed by atoms with Crippen LogP contribution in [0, 0.1) is 0 Å². The maximum Gasteiger partial charge on any atom is 0.289 e. The number of nitrogens with zero attached hydrogens (tertiary/aromatic N) is 1. The van der Waals surface area contributed by atoms with Crippen molar-refractivity contribution >= 4 is 28.9 Å². The van der Waals surface area contributed by atoms with Gasteiger partial charge >= 0.3 is 0 Å². The zero-order valence-corrected chi connectivity index (χ0v) is 23.4. The third kappa shape index (κ3) is 8.54. The number of hydrogen-bond acceptors (Lipinski definition) is 4. The van der Waals surface area contributed by atoms with E-state index < -0.39 is 11.7 Å². The zero-order chi connectivity index (χ0) is 27.8. The molecule has 5 rings (SSSR count). The molecule has 0 unspecified atom stereocenters. The lowest BCUT2D eigenvalue weighted by Crippen LogP contribution is -2.22. The van der Waals surface area contributed by atoms with Gasteiger partial charge in [-0.05, 0) is 99.5 Å². The van der Waals surface area contributed by atoms with Crippen LogP contribution in [0.3, 0.4) is 0 Å². The molecule has 3 aromatic rings. The van der Waals surface area contributed by atoms with E-state index in [0.717, 1.165) is 39.5 Å². The Balaban J connectivity index is 0.000000181. The molecule has 2 fully saturated rings. The number of benzene rings is 3. The van der Waals surface area contributed by atoms with Gasteiger partial charge in [0.15, 0.2) is 0 Å². The average molecular weight is 545 g/mol. The summed E-state index contributed by atoms with van der Waals surface area (Å²) in [4.78, 5) is 24.8. The minimum absolute atomic E-state index is 0.305. The first-order valence-corrected chi connectivity index (χ1v) is 14.1. The van der Waals surface area contributed by atoms with Crippen LogP contribution >= 0.6 is 11.6 Å². The van der Waals surface area contributed by atoms with E-state index in [4.69, 9.17) is 22.1 Å². The van der Waals surface area contributed by atoms with Gasteiger partial charge in [0, 0.05) is 5.56 Å². The quantitative estimate of drug-likeness (QED) is 0.221. The van der Waals surface area contributed by atoms with Gasteiger partial charge < -0.3 is 15.4 Å². The molecule has 6 heteroatoms. The number of aryl methyl sites for hydroxylation is 1. The highest BCUT2D eigenvalue weighted by Crippen LogP contribution is 2.32. The van der Waals surface area contributed by atoms with Crippen LogP contribution < -0.4 is 10.5 Å². The largest absolute Gasteiger partial charge is 0.489 e.